The van der Waals surface area contributed by atoms with E-state index in [0.717, 1.165) is 37.9 Å². The topological polar surface area (TPSA) is 66.9 Å². The minimum absolute atomic E-state index is 0.134. The molecule has 0 spiro atoms. The van der Waals surface area contributed by atoms with Crippen molar-refractivity contribution >= 4 is 39.1 Å². The molecule has 2 aromatic rings. The third-order valence-electron chi connectivity index (χ3n) is 7.14. The maximum atomic E-state index is 13.2. The Hall–Kier alpha value is -1.80. The van der Waals surface area contributed by atoms with Crippen LogP contribution in [0, 0.1) is 12.3 Å². The van der Waals surface area contributed by atoms with E-state index in [1.807, 2.05) is 24.0 Å². The number of amides is 1. The van der Waals surface area contributed by atoms with Crippen LogP contribution in [0.2, 0.25) is 10.0 Å². The second-order valence-electron chi connectivity index (χ2n) is 9.68. The van der Waals surface area contributed by atoms with Crippen molar-refractivity contribution in [3.05, 3.63) is 58.1 Å². The fourth-order valence-corrected chi connectivity index (χ4v) is 6.53. The lowest BCUT2D eigenvalue weighted by Gasteiger charge is -2.42. The molecule has 9 heteroatoms. The highest BCUT2D eigenvalue weighted by Gasteiger charge is 2.41. The Morgan fingerprint density at radius 2 is 1.63 bits per heavy atom. The van der Waals surface area contributed by atoms with Gasteiger partial charge in [-0.3, -0.25) is 4.79 Å². The maximum absolute atomic E-state index is 13.2. The van der Waals surface area contributed by atoms with Gasteiger partial charge in [-0.2, -0.15) is 4.31 Å². The molecule has 2 aromatic carbocycles. The van der Waals surface area contributed by atoms with Crippen molar-refractivity contribution < 1.29 is 17.9 Å². The first-order chi connectivity index (χ1) is 16.7. The average Bonchev–Trinajstić information content (AvgIpc) is 2.86. The summed E-state index contributed by atoms with van der Waals surface area (Å²) < 4.78 is 34.1. The third-order valence-corrected chi connectivity index (χ3v) is 9.73. The van der Waals surface area contributed by atoms with Crippen molar-refractivity contribution in [1.82, 2.24) is 9.21 Å². The number of ether oxygens (including phenoxy) is 1. The molecular formula is C26H32Cl2N2O4S. The van der Waals surface area contributed by atoms with E-state index in [4.69, 9.17) is 27.9 Å². The highest BCUT2D eigenvalue weighted by atomic mass is 35.5. The summed E-state index contributed by atoms with van der Waals surface area (Å²) in [5, 5.41) is 1.17. The van der Waals surface area contributed by atoms with E-state index in [1.165, 1.54) is 16.4 Å². The van der Waals surface area contributed by atoms with E-state index in [1.54, 1.807) is 18.2 Å². The van der Waals surface area contributed by atoms with Gasteiger partial charge in [-0.05, 0) is 87.1 Å². The number of aryl methyl sites for hydroxylation is 1. The fourth-order valence-electron chi connectivity index (χ4n) is 4.85. The fraction of sp³-hybridized carbons (Fsp3) is 0.500. The predicted octanol–water partition coefficient (Wildman–Crippen LogP) is 5.55. The van der Waals surface area contributed by atoms with Crippen LogP contribution in [0.25, 0.3) is 0 Å². The molecule has 0 N–H and O–H groups in total. The van der Waals surface area contributed by atoms with Crippen LogP contribution in [0.3, 0.4) is 0 Å². The number of hydrogen-bond acceptors (Lipinski definition) is 4. The number of carbonyl (C=O) groups is 1. The van der Waals surface area contributed by atoms with Crippen molar-refractivity contribution in [3.8, 4) is 5.75 Å². The van der Waals surface area contributed by atoms with Gasteiger partial charge in [0, 0.05) is 48.1 Å². The van der Waals surface area contributed by atoms with Gasteiger partial charge >= 0.3 is 0 Å². The molecule has 0 bridgehead atoms. The highest BCUT2D eigenvalue weighted by Crippen LogP contribution is 2.39. The SMILES string of the molecule is Cc1cc(OCC2(CC(=O)N3CCCCC3)CCN(S(=O)(=O)c3ccc(Cl)cc3)CC2)ccc1Cl. The summed E-state index contributed by atoms with van der Waals surface area (Å²) in [5.74, 6) is 0.836. The molecule has 35 heavy (non-hydrogen) atoms. The largest absolute Gasteiger partial charge is 0.493 e. The number of carbonyl (C=O) groups excluding carboxylic acids is 1. The molecule has 2 saturated heterocycles. The van der Waals surface area contributed by atoms with Crippen molar-refractivity contribution in [2.45, 2.75) is 50.3 Å². The van der Waals surface area contributed by atoms with Gasteiger partial charge in [0.1, 0.15) is 5.75 Å². The van der Waals surface area contributed by atoms with Crippen LogP contribution in [-0.2, 0) is 14.8 Å². The Kier molecular flexibility index (Phi) is 8.31. The molecule has 4 rings (SSSR count). The molecule has 2 aliphatic heterocycles. The molecule has 0 unspecified atom stereocenters. The van der Waals surface area contributed by atoms with Crippen LogP contribution in [0.5, 0.6) is 5.75 Å². The molecule has 0 saturated carbocycles. The Morgan fingerprint density at radius 1 is 0.971 bits per heavy atom. The zero-order chi connectivity index (χ0) is 25.1. The van der Waals surface area contributed by atoms with Gasteiger partial charge in [0.25, 0.3) is 0 Å². The number of halogens is 2. The first-order valence-corrected chi connectivity index (χ1v) is 14.3. The van der Waals surface area contributed by atoms with Gasteiger partial charge < -0.3 is 9.64 Å². The number of rotatable bonds is 7. The van der Waals surface area contributed by atoms with Crippen molar-refractivity contribution in [2.75, 3.05) is 32.8 Å². The smallest absolute Gasteiger partial charge is 0.243 e. The number of hydrogen-bond donors (Lipinski definition) is 0. The van der Waals surface area contributed by atoms with Crippen molar-refractivity contribution in [2.24, 2.45) is 5.41 Å². The summed E-state index contributed by atoms with van der Waals surface area (Å²) in [6.07, 6.45) is 4.68. The summed E-state index contributed by atoms with van der Waals surface area (Å²) in [6.45, 7) is 4.53. The summed E-state index contributed by atoms with van der Waals surface area (Å²) in [6, 6.07) is 11.8. The zero-order valence-electron chi connectivity index (χ0n) is 20.0. The Bertz CT molecular complexity index is 1140. The minimum atomic E-state index is -3.63. The van der Waals surface area contributed by atoms with Crippen LogP contribution in [0.4, 0.5) is 0 Å². The second kappa shape index (κ2) is 11.1. The first-order valence-electron chi connectivity index (χ1n) is 12.1. The Balaban J connectivity index is 1.49. The van der Waals surface area contributed by atoms with Crippen LogP contribution < -0.4 is 4.74 Å². The van der Waals surface area contributed by atoms with E-state index < -0.39 is 15.4 Å². The molecule has 2 heterocycles. The molecular weight excluding hydrogens is 507 g/mol. The molecule has 0 radical (unpaired) electrons. The zero-order valence-corrected chi connectivity index (χ0v) is 22.3. The molecule has 0 aromatic heterocycles. The van der Waals surface area contributed by atoms with Gasteiger partial charge in [0.15, 0.2) is 0 Å². The van der Waals surface area contributed by atoms with Gasteiger partial charge in [-0.25, -0.2) is 8.42 Å². The van der Waals surface area contributed by atoms with E-state index in [9.17, 15) is 13.2 Å². The van der Waals surface area contributed by atoms with Gasteiger partial charge in [0.2, 0.25) is 15.9 Å². The van der Waals surface area contributed by atoms with E-state index in [2.05, 4.69) is 0 Å². The monoisotopic (exact) mass is 538 g/mol. The third kappa shape index (κ3) is 6.31. The Labute approximate surface area is 218 Å². The van der Waals surface area contributed by atoms with Crippen LogP contribution >= 0.6 is 23.2 Å². The summed E-state index contributed by atoms with van der Waals surface area (Å²) in [5.41, 5.74) is 0.486. The number of sulfonamides is 1. The van der Waals surface area contributed by atoms with E-state index >= 15 is 0 Å². The number of benzene rings is 2. The quantitative estimate of drug-likeness (QED) is 0.463. The van der Waals surface area contributed by atoms with Crippen molar-refractivity contribution in [3.63, 3.8) is 0 Å². The van der Waals surface area contributed by atoms with E-state index in [-0.39, 0.29) is 10.8 Å². The normalized spacial score (nSPS) is 18.9. The van der Waals surface area contributed by atoms with Gasteiger partial charge in [-0.1, -0.05) is 23.2 Å². The Morgan fingerprint density at radius 3 is 2.26 bits per heavy atom. The standard InChI is InChI=1S/C26H32Cl2N2O4S/c1-20-17-22(7-10-24(20)28)34-19-26(18-25(31)29-13-3-2-4-14-29)11-15-30(16-12-26)35(32,33)23-8-5-21(27)6-9-23/h5-10,17H,2-4,11-16,18-19H2,1H3. The van der Waals surface area contributed by atoms with Gasteiger partial charge in [0.05, 0.1) is 11.5 Å². The lowest BCUT2D eigenvalue weighted by molar-refractivity contribution is -0.136. The lowest BCUT2D eigenvalue weighted by atomic mass is 9.76. The molecule has 0 aliphatic carbocycles. The average molecular weight is 540 g/mol. The van der Waals surface area contributed by atoms with Gasteiger partial charge in [-0.15, -0.1) is 0 Å². The lowest BCUT2D eigenvalue weighted by Crippen LogP contribution is -2.48. The number of nitrogens with zero attached hydrogens (tertiary/aromatic N) is 2. The molecule has 2 fully saturated rings. The minimum Gasteiger partial charge on any atom is -0.493 e. The number of piperidine rings is 2. The summed E-state index contributed by atoms with van der Waals surface area (Å²) >= 11 is 12.1. The maximum Gasteiger partial charge on any atom is 0.243 e. The molecule has 1 amide bonds. The predicted molar refractivity (Wildman–Crippen MR) is 139 cm³/mol. The summed E-state index contributed by atoms with van der Waals surface area (Å²) in [7, 11) is -3.63. The van der Waals surface area contributed by atoms with E-state index in [0.29, 0.717) is 54.8 Å². The van der Waals surface area contributed by atoms with Crippen LogP contribution in [0.1, 0.15) is 44.1 Å². The van der Waals surface area contributed by atoms with Crippen LogP contribution in [-0.4, -0.2) is 56.3 Å². The molecule has 0 atom stereocenters. The second-order valence-corrected chi connectivity index (χ2v) is 12.5. The molecule has 6 nitrogen and oxygen atoms in total. The summed E-state index contributed by atoms with van der Waals surface area (Å²) in [4.78, 5) is 15.4. The molecule has 2 aliphatic rings. The van der Waals surface area contributed by atoms with Crippen LogP contribution in [0.15, 0.2) is 47.4 Å². The highest BCUT2D eigenvalue weighted by molar-refractivity contribution is 7.89. The molecule has 190 valence electrons. The first kappa shape index (κ1) is 26.3. The van der Waals surface area contributed by atoms with Crippen molar-refractivity contribution in [1.29, 1.82) is 0 Å². The number of likely N-dealkylation sites (tertiary alicyclic amines) is 1.